The summed E-state index contributed by atoms with van der Waals surface area (Å²) in [5.74, 6) is 0. The fourth-order valence-corrected chi connectivity index (χ4v) is 0. The summed E-state index contributed by atoms with van der Waals surface area (Å²) in [6.07, 6.45) is 0. The van der Waals surface area contributed by atoms with Crippen LogP contribution < -0.4 is 0 Å². The van der Waals surface area contributed by atoms with Gasteiger partial charge in [0, 0.05) is 35.6 Å². The van der Waals surface area contributed by atoms with Crippen LogP contribution in [0.25, 0.3) is 0 Å². The predicted octanol–water partition coefficient (Wildman–Crippen LogP) is -1.68. The summed E-state index contributed by atoms with van der Waals surface area (Å²) >= 11 is 0.611. The van der Waals surface area contributed by atoms with Crippen molar-refractivity contribution in [3.05, 3.63) is 0 Å². The summed E-state index contributed by atoms with van der Waals surface area (Å²) in [7, 11) is 0. The second kappa shape index (κ2) is 18.6. The van der Waals surface area contributed by atoms with Crippen LogP contribution in [0.5, 0.6) is 0 Å². The zero-order valence-electron chi connectivity index (χ0n) is 1.69. The molecule has 0 aliphatic heterocycles. The van der Waals surface area contributed by atoms with Crippen molar-refractivity contribution >= 4 is 39.3 Å². The Morgan fingerprint density at radius 3 is 1.25 bits per heavy atom. The van der Waals surface area contributed by atoms with Gasteiger partial charge in [-0.25, -0.2) is 0 Å². The molecule has 0 aliphatic rings. The molecule has 0 aromatic carbocycles. The van der Waals surface area contributed by atoms with Gasteiger partial charge in [0.25, 0.3) is 0 Å². The summed E-state index contributed by atoms with van der Waals surface area (Å²) < 4.78 is 8.28. The van der Waals surface area contributed by atoms with Crippen molar-refractivity contribution in [3.8, 4) is 0 Å². The van der Waals surface area contributed by atoms with Gasteiger partial charge in [0.2, 0.25) is 0 Å². The van der Waals surface area contributed by atoms with Crippen LogP contribution in [0.3, 0.4) is 0 Å². The topological polar surface area (TPSA) is 17.1 Å². The van der Waals surface area contributed by atoms with Crippen molar-refractivity contribution in [2.45, 2.75) is 0 Å². The van der Waals surface area contributed by atoms with E-state index in [-0.39, 0.29) is 58.7 Å². The standard InChI is InChI=1S/Al.La.Mg.O.3H. The Kier molecular flexibility index (Phi) is 75.4. The Morgan fingerprint density at radius 1 is 1.25 bits per heavy atom. The van der Waals surface area contributed by atoms with E-state index in [0.717, 1.165) is 0 Å². The zero-order chi connectivity index (χ0) is 2.00. The van der Waals surface area contributed by atoms with Crippen molar-refractivity contribution in [2.24, 2.45) is 0 Å². The summed E-state index contributed by atoms with van der Waals surface area (Å²) in [4.78, 5) is 0. The van der Waals surface area contributed by atoms with Crippen molar-refractivity contribution in [2.75, 3.05) is 0 Å². The van der Waals surface area contributed by atoms with E-state index in [2.05, 4.69) is 0 Å². The first kappa shape index (κ1) is 16.3. The van der Waals surface area contributed by atoms with Gasteiger partial charge in [-0.3, -0.25) is 0 Å². The van der Waals surface area contributed by atoms with Crippen LogP contribution in [0.2, 0.25) is 0 Å². The molecule has 0 aliphatic carbocycles. The molecule has 0 saturated carbocycles. The van der Waals surface area contributed by atoms with E-state index in [0.29, 0.717) is 16.2 Å². The summed E-state index contributed by atoms with van der Waals surface area (Å²) in [5.41, 5.74) is 0. The minimum atomic E-state index is 0. The molecule has 0 unspecified atom stereocenters. The van der Waals surface area contributed by atoms with E-state index in [4.69, 9.17) is 3.80 Å². The molecule has 0 rings (SSSR count). The molecule has 0 heterocycles. The monoisotopic (exact) mass is 209 g/mol. The molecule has 1 radical (unpaired) electrons. The van der Waals surface area contributed by atoms with E-state index in [1.807, 2.05) is 0 Å². The van der Waals surface area contributed by atoms with Crippen LogP contribution in [0.4, 0.5) is 0 Å². The van der Waals surface area contributed by atoms with Gasteiger partial charge in [-0.05, 0) is 0 Å². The average molecular weight is 209 g/mol. The molecule has 0 fully saturated rings. The average Bonchev–Trinajstić information content (AvgIpc) is 1.00. The molecular weight excluding hydrogens is 206 g/mol. The predicted molar refractivity (Wildman–Crippen MR) is 16.4 cm³/mol. The molecule has 4 heavy (non-hydrogen) atoms. The number of hydrogen-bond acceptors (Lipinski definition) is 1. The molecular formula is H3AlLaMgO. The molecule has 1 nitrogen and oxygen atoms in total. The van der Waals surface area contributed by atoms with Gasteiger partial charge in [0.1, 0.15) is 0 Å². The Hall–Kier alpha value is 2.29. The molecule has 0 bridgehead atoms. The molecule has 0 amide bonds. The minimum absolute atomic E-state index is 0. The Labute approximate surface area is 77.3 Å². The zero-order valence-corrected chi connectivity index (χ0v) is 6.73. The van der Waals surface area contributed by atoms with Gasteiger partial charge in [0.15, 0.2) is 0 Å². The molecule has 17 valence electrons. The summed E-state index contributed by atoms with van der Waals surface area (Å²) in [5, 5.41) is 0. The van der Waals surface area contributed by atoms with Crippen LogP contribution >= 0.6 is 0 Å². The molecule has 0 saturated heterocycles. The maximum atomic E-state index is 8.28. The third-order valence-electron chi connectivity index (χ3n) is 0. The summed E-state index contributed by atoms with van der Waals surface area (Å²) in [6, 6.07) is 0. The normalized spacial score (nSPS) is 0.750. The third kappa shape index (κ3) is 8.85. The van der Waals surface area contributed by atoms with Gasteiger partial charge in [-0.2, -0.15) is 0 Å². The van der Waals surface area contributed by atoms with Gasteiger partial charge < -0.3 is 0 Å². The third-order valence-corrected chi connectivity index (χ3v) is 0. The van der Waals surface area contributed by atoms with E-state index in [9.17, 15) is 0 Å². The van der Waals surface area contributed by atoms with E-state index in [1.54, 1.807) is 0 Å². The van der Waals surface area contributed by atoms with E-state index >= 15 is 0 Å². The van der Waals surface area contributed by atoms with Crippen LogP contribution in [-0.2, 0) is 3.80 Å². The first-order valence-electron chi connectivity index (χ1n) is 0.289. The van der Waals surface area contributed by atoms with E-state index in [1.165, 1.54) is 0 Å². The maximum absolute atomic E-state index is 8.28. The molecule has 0 aromatic rings. The SMILES string of the molecule is [La].[MgH2].[O]=[AlH]. The molecule has 0 spiro atoms. The van der Waals surface area contributed by atoms with Gasteiger partial charge in [-0.15, -0.1) is 0 Å². The van der Waals surface area contributed by atoms with Crippen LogP contribution in [0.15, 0.2) is 0 Å². The summed E-state index contributed by atoms with van der Waals surface area (Å²) in [6.45, 7) is 0. The van der Waals surface area contributed by atoms with E-state index < -0.39 is 0 Å². The number of hydrogen-bond donors (Lipinski definition) is 0. The Morgan fingerprint density at radius 2 is 1.25 bits per heavy atom. The van der Waals surface area contributed by atoms with Crippen molar-refractivity contribution in [3.63, 3.8) is 0 Å². The van der Waals surface area contributed by atoms with Crippen LogP contribution in [0, 0.1) is 35.6 Å². The molecule has 0 aromatic heterocycles. The van der Waals surface area contributed by atoms with Crippen molar-refractivity contribution in [1.29, 1.82) is 0 Å². The van der Waals surface area contributed by atoms with Gasteiger partial charge >= 0.3 is 43.1 Å². The molecule has 0 atom stereocenters. The fraction of sp³-hybridized carbons (Fsp3) is 0. The first-order valence-corrected chi connectivity index (χ1v) is 0.866. The molecule has 0 N–H and O–H groups in total. The van der Waals surface area contributed by atoms with Crippen LogP contribution in [-0.4, -0.2) is 39.3 Å². The quantitative estimate of drug-likeness (QED) is 0.435. The second-order valence-electron chi connectivity index (χ2n) is 0. The first-order chi connectivity index (χ1) is 1.00. The fourth-order valence-electron chi connectivity index (χ4n) is 0. The van der Waals surface area contributed by atoms with Crippen molar-refractivity contribution < 1.29 is 39.4 Å². The number of rotatable bonds is 0. The van der Waals surface area contributed by atoms with Gasteiger partial charge in [0.05, 0.1) is 0 Å². The van der Waals surface area contributed by atoms with Gasteiger partial charge in [-0.1, -0.05) is 0 Å². The second-order valence-corrected chi connectivity index (χ2v) is 0. The van der Waals surface area contributed by atoms with Crippen LogP contribution in [0.1, 0.15) is 0 Å². The molecule has 4 heteroatoms. The Balaban J connectivity index is -0.00000000500. The van der Waals surface area contributed by atoms with Crippen molar-refractivity contribution in [1.82, 2.24) is 0 Å². The Bertz CT molecular complexity index is 8.00.